The van der Waals surface area contributed by atoms with Crippen LogP contribution in [0.4, 0.5) is 0 Å². The minimum absolute atomic E-state index is 0.0790. The first-order valence-corrected chi connectivity index (χ1v) is 14.6. The lowest BCUT2D eigenvalue weighted by molar-refractivity contribution is -0.145. The summed E-state index contributed by atoms with van der Waals surface area (Å²) in [6, 6.07) is -8.17. The van der Waals surface area contributed by atoms with Crippen molar-refractivity contribution in [2.45, 2.75) is 122 Å². The van der Waals surface area contributed by atoms with Crippen LogP contribution in [0.1, 0.15) is 67.2 Å². The van der Waals surface area contributed by atoms with E-state index in [9.17, 15) is 49.2 Å². The smallest absolute Gasteiger partial charge is 0.328 e. The van der Waals surface area contributed by atoms with Crippen LogP contribution in [-0.4, -0.2) is 117 Å². The average Bonchev–Trinajstić information content (AvgIpc) is 2.91. The molecule has 13 N–H and O–H groups in total. The molecule has 0 aromatic heterocycles. The fourth-order valence-electron chi connectivity index (χ4n) is 3.92. The van der Waals surface area contributed by atoms with Crippen molar-refractivity contribution < 1.29 is 49.2 Å². The van der Waals surface area contributed by atoms with E-state index < -0.39 is 90.1 Å². The van der Waals surface area contributed by atoms with Crippen molar-refractivity contribution in [1.29, 1.82) is 0 Å². The van der Waals surface area contributed by atoms with Crippen molar-refractivity contribution in [3.05, 3.63) is 0 Å². The van der Waals surface area contributed by atoms with Crippen LogP contribution in [0.2, 0.25) is 0 Å². The molecule has 0 fully saturated rings. The first kappa shape index (κ1) is 40.6. The Kier molecular flexibility index (Phi) is 18.3. The SMILES string of the molecule is CC(C)C[C@H](NC(=O)[C@@H](N)[C@@H](C)O)C(=O)N[C@H](C(=O)N[C@@H](C)C(=O)N[C@@H](CCCCN)C(=O)N[C@H](C(=O)O)[C@@H](C)O)[C@@H](C)O. The molecule has 0 saturated heterocycles. The van der Waals surface area contributed by atoms with Crippen LogP contribution < -0.4 is 38.1 Å². The average molecular weight is 634 g/mol. The Balaban J connectivity index is 5.65. The van der Waals surface area contributed by atoms with Gasteiger partial charge in [0.15, 0.2) is 6.04 Å². The Labute approximate surface area is 257 Å². The van der Waals surface area contributed by atoms with Crippen molar-refractivity contribution >= 4 is 35.5 Å². The van der Waals surface area contributed by atoms with Gasteiger partial charge in [0.25, 0.3) is 0 Å². The van der Waals surface area contributed by atoms with Gasteiger partial charge in [-0.2, -0.15) is 0 Å². The molecule has 0 spiro atoms. The number of nitrogens with one attached hydrogen (secondary N) is 5. The maximum absolute atomic E-state index is 13.1. The lowest BCUT2D eigenvalue weighted by Crippen LogP contribution is -2.61. The molecule has 9 atom stereocenters. The highest BCUT2D eigenvalue weighted by atomic mass is 16.4. The number of nitrogens with two attached hydrogens (primary N) is 2. The van der Waals surface area contributed by atoms with E-state index in [2.05, 4.69) is 26.6 Å². The number of unbranched alkanes of at least 4 members (excludes halogenated alkanes) is 1. The summed E-state index contributed by atoms with van der Waals surface area (Å²) < 4.78 is 0. The van der Waals surface area contributed by atoms with Crippen molar-refractivity contribution in [2.75, 3.05) is 6.54 Å². The van der Waals surface area contributed by atoms with E-state index in [1.54, 1.807) is 13.8 Å². The van der Waals surface area contributed by atoms with Gasteiger partial charge in [-0.3, -0.25) is 24.0 Å². The zero-order chi connectivity index (χ0) is 34.3. The van der Waals surface area contributed by atoms with E-state index in [1.807, 2.05) is 0 Å². The zero-order valence-corrected chi connectivity index (χ0v) is 26.2. The second-order valence-corrected chi connectivity index (χ2v) is 11.3. The number of hydrogen-bond acceptors (Lipinski definition) is 11. The molecule has 0 heterocycles. The molecular weight excluding hydrogens is 582 g/mol. The third-order valence-corrected chi connectivity index (χ3v) is 6.60. The highest BCUT2D eigenvalue weighted by molar-refractivity contribution is 5.96. The molecular formula is C27H51N7O10. The molecule has 0 rings (SSSR count). The quantitative estimate of drug-likeness (QED) is 0.0575. The number of aliphatic hydroxyl groups excluding tert-OH is 3. The predicted octanol–water partition coefficient (Wildman–Crippen LogP) is -3.84. The normalized spacial score (nSPS) is 17.5. The van der Waals surface area contributed by atoms with E-state index in [1.165, 1.54) is 27.7 Å². The Morgan fingerprint density at radius 3 is 1.57 bits per heavy atom. The van der Waals surface area contributed by atoms with Crippen LogP contribution in [0.5, 0.6) is 0 Å². The number of carbonyl (C=O) groups is 6. The summed E-state index contributed by atoms with van der Waals surface area (Å²) in [6.45, 7) is 8.89. The molecule has 17 nitrogen and oxygen atoms in total. The summed E-state index contributed by atoms with van der Waals surface area (Å²) in [5.74, 6) is -5.82. The predicted molar refractivity (Wildman–Crippen MR) is 158 cm³/mol. The molecule has 0 aliphatic heterocycles. The van der Waals surface area contributed by atoms with Gasteiger partial charge in [-0.25, -0.2) is 4.79 Å². The van der Waals surface area contributed by atoms with Crippen molar-refractivity contribution in [1.82, 2.24) is 26.6 Å². The van der Waals surface area contributed by atoms with Gasteiger partial charge in [0, 0.05) is 0 Å². The number of carboxylic acids is 1. The van der Waals surface area contributed by atoms with Crippen LogP contribution in [-0.2, 0) is 28.8 Å². The lowest BCUT2D eigenvalue weighted by Gasteiger charge is -2.28. The third kappa shape index (κ3) is 14.4. The molecule has 0 aliphatic rings. The highest BCUT2D eigenvalue weighted by Gasteiger charge is 2.34. The zero-order valence-electron chi connectivity index (χ0n) is 26.2. The Morgan fingerprint density at radius 2 is 1.11 bits per heavy atom. The number of aliphatic hydroxyl groups is 3. The monoisotopic (exact) mass is 633 g/mol. The molecule has 0 radical (unpaired) electrons. The summed E-state index contributed by atoms with van der Waals surface area (Å²) in [5.41, 5.74) is 11.2. The van der Waals surface area contributed by atoms with Gasteiger partial charge in [0.1, 0.15) is 30.2 Å². The molecule has 17 heteroatoms. The van der Waals surface area contributed by atoms with Gasteiger partial charge in [0.2, 0.25) is 29.5 Å². The standard InChI is InChI=1S/C27H51N7O10/c1-12(2)11-18(32-25(41)19(29)14(4)35)24(40)33-20(15(5)36)26(42)30-13(3)22(38)31-17(9-7-8-10-28)23(39)34-21(16(6)37)27(43)44/h12-21,35-37H,7-11,28-29H2,1-6H3,(H,30,42)(H,31,38)(H,32,41)(H,33,40)(H,34,39)(H,43,44)/t13-,14+,15+,16+,17-,18-,19-,20-,21-/m0/s1. The number of amides is 5. The Hall–Kier alpha value is -3.38. The number of hydrogen-bond donors (Lipinski definition) is 11. The fraction of sp³-hybridized carbons (Fsp3) is 0.778. The van der Waals surface area contributed by atoms with E-state index >= 15 is 0 Å². The number of carbonyl (C=O) groups excluding carboxylic acids is 5. The van der Waals surface area contributed by atoms with Gasteiger partial charge in [0.05, 0.1) is 18.3 Å². The fourth-order valence-corrected chi connectivity index (χ4v) is 3.92. The van der Waals surface area contributed by atoms with E-state index in [0.29, 0.717) is 19.4 Å². The minimum atomic E-state index is -1.63. The van der Waals surface area contributed by atoms with Crippen LogP contribution in [0.3, 0.4) is 0 Å². The molecule has 0 aliphatic carbocycles. The number of aliphatic carboxylic acids is 1. The van der Waals surface area contributed by atoms with Crippen LogP contribution in [0, 0.1) is 5.92 Å². The van der Waals surface area contributed by atoms with Gasteiger partial charge in [-0.1, -0.05) is 13.8 Å². The van der Waals surface area contributed by atoms with E-state index in [4.69, 9.17) is 11.5 Å². The second kappa shape index (κ2) is 19.8. The molecule has 44 heavy (non-hydrogen) atoms. The summed E-state index contributed by atoms with van der Waals surface area (Å²) in [7, 11) is 0. The number of carboxylic acid groups (broad SMARTS) is 1. The Morgan fingerprint density at radius 1 is 0.614 bits per heavy atom. The van der Waals surface area contributed by atoms with E-state index in [0.717, 1.165) is 0 Å². The highest BCUT2D eigenvalue weighted by Crippen LogP contribution is 2.08. The lowest BCUT2D eigenvalue weighted by atomic mass is 10.0. The largest absolute Gasteiger partial charge is 0.480 e. The maximum atomic E-state index is 13.1. The van der Waals surface area contributed by atoms with Crippen molar-refractivity contribution in [3.63, 3.8) is 0 Å². The molecule has 0 unspecified atom stereocenters. The summed E-state index contributed by atoms with van der Waals surface area (Å²) in [4.78, 5) is 75.6. The van der Waals surface area contributed by atoms with Gasteiger partial charge < -0.3 is 58.5 Å². The third-order valence-electron chi connectivity index (χ3n) is 6.60. The summed E-state index contributed by atoms with van der Waals surface area (Å²) in [6.07, 6.45) is -2.93. The first-order chi connectivity index (χ1) is 20.3. The number of rotatable bonds is 20. The molecule has 0 saturated carbocycles. The Bertz CT molecular complexity index is 977. The van der Waals surface area contributed by atoms with Crippen molar-refractivity contribution in [2.24, 2.45) is 17.4 Å². The topological polar surface area (TPSA) is 296 Å². The molecule has 0 aromatic carbocycles. The van der Waals surface area contributed by atoms with Crippen LogP contribution in [0.25, 0.3) is 0 Å². The molecule has 254 valence electrons. The van der Waals surface area contributed by atoms with Gasteiger partial charge >= 0.3 is 5.97 Å². The second-order valence-electron chi connectivity index (χ2n) is 11.3. The first-order valence-electron chi connectivity index (χ1n) is 14.6. The van der Waals surface area contributed by atoms with E-state index in [-0.39, 0.29) is 18.8 Å². The molecule has 5 amide bonds. The molecule has 0 aromatic rings. The van der Waals surface area contributed by atoms with Crippen molar-refractivity contribution in [3.8, 4) is 0 Å². The molecule has 0 bridgehead atoms. The summed E-state index contributed by atoms with van der Waals surface area (Å²) >= 11 is 0. The summed E-state index contributed by atoms with van der Waals surface area (Å²) in [5, 5.41) is 50.6. The maximum Gasteiger partial charge on any atom is 0.328 e. The van der Waals surface area contributed by atoms with Crippen LogP contribution in [0.15, 0.2) is 0 Å². The van der Waals surface area contributed by atoms with Gasteiger partial charge in [-0.15, -0.1) is 0 Å². The minimum Gasteiger partial charge on any atom is -0.480 e. The van der Waals surface area contributed by atoms with Crippen LogP contribution >= 0.6 is 0 Å². The van der Waals surface area contributed by atoms with Gasteiger partial charge in [-0.05, 0) is 65.8 Å².